The number of rotatable bonds is 4. The molecule has 2 rings (SSSR count). The number of nitrogens with zero attached hydrogens (tertiary/aromatic N) is 2. The summed E-state index contributed by atoms with van der Waals surface area (Å²) in [5.41, 5.74) is 3.63. The SMILES string of the molecule is O=[N+]([O-])c1cccc(N/N=C/c2cc(Br)cc(Br)c2O)c1. The van der Waals surface area contributed by atoms with Crippen LogP contribution in [0.25, 0.3) is 0 Å². The second kappa shape index (κ2) is 6.68. The molecule has 0 saturated heterocycles. The third kappa shape index (κ3) is 4.02. The summed E-state index contributed by atoms with van der Waals surface area (Å²) in [5.74, 6) is 0.0581. The van der Waals surface area contributed by atoms with Crippen molar-refractivity contribution >= 4 is 49.4 Å². The standard InChI is InChI=1S/C13H9Br2N3O3/c14-9-4-8(13(19)12(15)5-9)7-16-17-10-2-1-3-11(6-10)18(20)21/h1-7,17,19H/b16-7+. The Balaban J connectivity index is 2.16. The van der Waals surface area contributed by atoms with Gasteiger partial charge in [0, 0.05) is 22.2 Å². The van der Waals surface area contributed by atoms with E-state index in [1.807, 2.05) is 0 Å². The lowest BCUT2D eigenvalue weighted by Crippen LogP contribution is -1.93. The van der Waals surface area contributed by atoms with Crippen molar-refractivity contribution in [3.05, 3.63) is 61.0 Å². The summed E-state index contributed by atoms with van der Waals surface area (Å²) in [7, 11) is 0. The molecule has 2 N–H and O–H groups in total. The lowest BCUT2D eigenvalue weighted by atomic mass is 10.2. The van der Waals surface area contributed by atoms with Gasteiger partial charge in [-0.3, -0.25) is 15.5 Å². The van der Waals surface area contributed by atoms with Crippen molar-refractivity contribution in [2.75, 3.05) is 5.43 Å². The molecule has 0 aromatic heterocycles. The van der Waals surface area contributed by atoms with Crippen molar-refractivity contribution in [3.63, 3.8) is 0 Å². The highest BCUT2D eigenvalue weighted by Crippen LogP contribution is 2.30. The van der Waals surface area contributed by atoms with Crippen molar-refractivity contribution in [1.29, 1.82) is 0 Å². The fourth-order valence-corrected chi connectivity index (χ4v) is 2.81. The Morgan fingerprint density at radius 2 is 2.05 bits per heavy atom. The number of benzene rings is 2. The van der Waals surface area contributed by atoms with Gasteiger partial charge in [-0.15, -0.1) is 0 Å². The van der Waals surface area contributed by atoms with E-state index in [-0.39, 0.29) is 11.4 Å². The first-order valence-electron chi connectivity index (χ1n) is 5.69. The number of nitrogens with one attached hydrogen (secondary N) is 1. The van der Waals surface area contributed by atoms with Crippen LogP contribution in [0.5, 0.6) is 5.75 Å². The number of hydrogen-bond donors (Lipinski definition) is 2. The maximum atomic E-state index is 10.7. The predicted octanol–water partition coefficient (Wildman–Crippen LogP) is 4.27. The van der Waals surface area contributed by atoms with Gasteiger partial charge in [0.05, 0.1) is 21.3 Å². The first kappa shape index (κ1) is 15.5. The van der Waals surface area contributed by atoms with Gasteiger partial charge in [0.15, 0.2) is 0 Å². The van der Waals surface area contributed by atoms with Crippen LogP contribution in [0.15, 0.2) is 50.4 Å². The molecule has 0 aliphatic rings. The number of phenolic OH excluding ortho intramolecular Hbond substituents is 1. The van der Waals surface area contributed by atoms with E-state index >= 15 is 0 Å². The number of halogens is 2. The highest BCUT2D eigenvalue weighted by atomic mass is 79.9. The Bertz CT molecular complexity index is 720. The van der Waals surface area contributed by atoms with Crippen molar-refractivity contribution in [1.82, 2.24) is 0 Å². The lowest BCUT2D eigenvalue weighted by Gasteiger charge is -2.03. The topological polar surface area (TPSA) is 87.8 Å². The van der Waals surface area contributed by atoms with Crippen molar-refractivity contribution in [3.8, 4) is 5.75 Å². The number of non-ortho nitro benzene ring substituents is 1. The van der Waals surface area contributed by atoms with Gasteiger partial charge in [0.1, 0.15) is 5.75 Å². The molecule has 8 heteroatoms. The molecule has 0 heterocycles. The third-order valence-corrected chi connectivity index (χ3v) is 3.57. The minimum atomic E-state index is -0.480. The van der Waals surface area contributed by atoms with E-state index in [1.165, 1.54) is 18.3 Å². The number of phenols is 1. The van der Waals surface area contributed by atoms with Crippen LogP contribution in [0, 0.1) is 10.1 Å². The normalized spacial score (nSPS) is 10.8. The minimum Gasteiger partial charge on any atom is -0.506 e. The summed E-state index contributed by atoms with van der Waals surface area (Å²) in [4.78, 5) is 10.2. The van der Waals surface area contributed by atoms with Crippen LogP contribution in [-0.4, -0.2) is 16.2 Å². The van der Waals surface area contributed by atoms with Crippen LogP contribution in [0.4, 0.5) is 11.4 Å². The number of aromatic hydroxyl groups is 1. The highest BCUT2D eigenvalue weighted by Gasteiger charge is 2.06. The van der Waals surface area contributed by atoms with E-state index in [2.05, 4.69) is 42.4 Å². The second-order valence-electron chi connectivity index (χ2n) is 4.00. The summed E-state index contributed by atoms with van der Waals surface area (Å²) >= 11 is 6.53. The molecule has 0 amide bonds. The van der Waals surface area contributed by atoms with E-state index in [4.69, 9.17) is 0 Å². The van der Waals surface area contributed by atoms with E-state index in [9.17, 15) is 15.2 Å². The van der Waals surface area contributed by atoms with Gasteiger partial charge in [-0.2, -0.15) is 5.10 Å². The molecule has 0 aliphatic heterocycles. The molecule has 0 unspecified atom stereocenters. The van der Waals surface area contributed by atoms with Crippen molar-refractivity contribution < 1.29 is 10.0 Å². The molecule has 0 spiro atoms. The number of nitro benzene ring substituents is 1. The number of hydrogen-bond acceptors (Lipinski definition) is 5. The van der Waals surface area contributed by atoms with Crippen LogP contribution < -0.4 is 5.43 Å². The fraction of sp³-hybridized carbons (Fsp3) is 0. The molecule has 2 aromatic carbocycles. The van der Waals surface area contributed by atoms with E-state index in [0.717, 1.165) is 4.47 Å². The molecule has 0 atom stereocenters. The predicted molar refractivity (Wildman–Crippen MR) is 87.8 cm³/mol. The zero-order valence-corrected chi connectivity index (χ0v) is 13.6. The zero-order chi connectivity index (χ0) is 15.4. The molecule has 2 aromatic rings. The molecular formula is C13H9Br2N3O3. The second-order valence-corrected chi connectivity index (χ2v) is 5.77. The average molecular weight is 415 g/mol. The summed E-state index contributed by atoms with van der Waals surface area (Å²) in [5, 5.41) is 24.5. The van der Waals surface area contributed by atoms with Gasteiger partial charge in [0.25, 0.3) is 5.69 Å². The highest BCUT2D eigenvalue weighted by molar-refractivity contribution is 9.11. The Hall–Kier alpha value is -1.93. The summed E-state index contributed by atoms with van der Waals surface area (Å²) in [6, 6.07) is 9.38. The molecule has 0 bridgehead atoms. The van der Waals surface area contributed by atoms with Gasteiger partial charge in [-0.05, 0) is 34.1 Å². The van der Waals surface area contributed by atoms with Gasteiger partial charge in [0.2, 0.25) is 0 Å². The number of anilines is 1. The van der Waals surface area contributed by atoms with Crippen LogP contribution in [0.3, 0.4) is 0 Å². The van der Waals surface area contributed by atoms with Crippen LogP contribution in [-0.2, 0) is 0 Å². The largest absolute Gasteiger partial charge is 0.506 e. The van der Waals surface area contributed by atoms with Gasteiger partial charge in [-0.1, -0.05) is 22.0 Å². The molecular weight excluding hydrogens is 406 g/mol. The first-order chi connectivity index (χ1) is 9.97. The maximum Gasteiger partial charge on any atom is 0.271 e. The van der Waals surface area contributed by atoms with Crippen LogP contribution >= 0.6 is 31.9 Å². The number of hydrazone groups is 1. The Morgan fingerprint density at radius 3 is 2.76 bits per heavy atom. The molecule has 0 saturated carbocycles. The molecule has 108 valence electrons. The zero-order valence-electron chi connectivity index (χ0n) is 10.5. The summed E-state index contributed by atoms with van der Waals surface area (Å²) < 4.78 is 1.32. The minimum absolute atomic E-state index is 0.0248. The quantitative estimate of drug-likeness (QED) is 0.444. The fourth-order valence-electron chi connectivity index (χ4n) is 1.55. The Kier molecular flexibility index (Phi) is 4.92. The number of nitro groups is 1. The van der Waals surface area contributed by atoms with E-state index < -0.39 is 4.92 Å². The third-order valence-electron chi connectivity index (χ3n) is 2.51. The Labute approximate surface area is 136 Å². The summed E-state index contributed by atoms with van der Waals surface area (Å²) in [6.07, 6.45) is 1.42. The van der Waals surface area contributed by atoms with Crippen LogP contribution in [0.2, 0.25) is 0 Å². The van der Waals surface area contributed by atoms with Crippen molar-refractivity contribution in [2.45, 2.75) is 0 Å². The van der Waals surface area contributed by atoms with Gasteiger partial charge in [-0.25, -0.2) is 0 Å². The molecule has 0 aliphatic carbocycles. The maximum absolute atomic E-state index is 10.7. The smallest absolute Gasteiger partial charge is 0.271 e. The van der Waals surface area contributed by atoms with E-state index in [1.54, 1.807) is 24.3 Å². The Morgan fingerprint density at radius 1 is 1.29 bits per heavy atom. The first-order valence-corrected chi connectivity index (χ1v) is 7.27. The monoisotopic (exact) mass is 413 g/mol. The molecule has 0 radical (unpaired) electrons. The summed E-state index contributed by atoms with van der Waals surface area (Å²) in [6.45, 7) is 0. The van der Waals surface area contributed by atoms with E-state index in [0.29, 0.717) is 15.7 Å². The molecule has 21 heavy (non-hydrogen) atoms. The lowest BCUT2D eigenvalue weighted by molar-refractivity contribution is -0.384. The molecule has 6 nitrogen and oxygen atoms in total. The van der Waals surface area contributed by atoms with Crippen LogP contribution in [0.1, 0.15) is 5.56 Å². The molecule has 0 fully saturated rings. The van der Waals surface area contributed by atoms with Gasteiger partial charge < -0.3 is 5.11 Å². The van der Waals surface area contributed by atoms with Gasteiger partial charge >= 0.3 is 0 Å². The van der Waals surface area contributed by atoms with Crippen molar-refractivity contribution in [2.24, 2.45) is 5.10 Å². The average Bonchev–Trinajstić information content (AvgIpc) is 2.44.